The third-order valence-corrected chi connectivity index (χ3v) is 2.84. The lowest BCUT2D eigenvalue weighted by Gasteiger charge is -2.22. The maximum absolute atomic E-state index is 13.0. The summed E-state index contributed by atoms with van der Waals surface area (Å²) in [6, 6.07) is 4.82. The van der Waals surface area contributed by atoms with Crippen LogP contribution in [0.5, 0.6) is 5.75 Å². The van der Waals surface area contributed by atoms with Gasteiger partial charge in [0.15, 0.2) is 0 Å². The van der Waals surface area contributed by atoms with E-state index in [1.54, 1.807) is 19.1 Å². The normalized spacial score (nSPS) is 20.8. The van der Waals surface area contributed by atoms with Crippen LogP contribution in [0, 0.1) is 12.7 Å². The molecule has 1 aliphatic rings. The molecule has 0 bridgehead atoms. The molecule has 0 spiro atoms. The number of halogens is 1. The van der Waals surface area contributed by atoms with Crippen molar-refractivity contribution in [3.8, 4) is 5.75 Å². The summed E-state index contributed by atoms with van der Waals surface area (Å²) in [4.78, 5) is 0. The minimum Gasteiger partial charge on any atom is -0.491 e. The first-order valence-electron chi connectivity index (χ1n) is 5.76. The number of aryl methyl sites for hydroxylation is 1. The van der Waals surface area contributed by atoms with Gasteiger partial charge in [0.1, 0.15) is 18.2 Å². The second kappa shape index (κ2) is 5.30. The molecule has 1 aromatic rings. The van der Waals surface area contributed by atoms with Gasteiger partial charge in [-0.3, -0.25) is 0 Å². The summed E-state index contributed by atoms with van der Waals surface area (Å²) in [6.45, 7) is 3.13. The van der Waals surface area contributed by atoms with Gasteiger partial charge < -0.3 is 9.47 Å². The van der Waals surface area contributed by atoms with Gasteiger partial charge in [-0.05, 0) is 49.9 Å². The van der Waals surface area contributed by atoms with Crippen molar-refractivity contribution in [1.82, 2.24) is 0 Å². The van der Waals surface area contributed by atoms with Crippen LogP contribution in [-0.4, -0.2) is 19.3 Å². The van der Waals surface area contributed by atoms with Crippen molar-refractivity contribution in [3.05, 3.63) is 29.6 Å². The highest BCUT2D eigenvalue weighted by molar-refractivity contribution is 5.28. The fraction of sp³-hybridized carbons (Fsp3) is 0.538. The van der Waals surface area contributed by atoms with Crippen LogP contribution in [0.1, 0.15) is 24.8 Å². The SMILES string of the molecule is Cc1cc(OCC2CCCCO2)ccc1F. The van der Waals surface area contributed by atoms with Gasteiger partial charge in [-0.2, -0.15) is 0 Å². The number of rotatable bonds is 3. The van der Waals surface area contributed by atoms with Crippen molar-refractivity contribution in [3.63, 3.8) is 0 Å². The van der Waals surface area contributed by atoms with E-state index in [2.05, 4.69) is 0 Å². The second-order valence-corrected chi connectivity index (χ2v) is 4.21. The Morgan fingerprint density at radius 1 is 1.44 bits per heavy atom. The number of benzene rings is 1. The van der Waals surface area contributed by atoms with Crippen LogP contribution in [-0.2, 0) is 4.74 Å². The zero-order valence-corrected chi connectivity index (χ0v) is 9.54. The van der Waals surface area contributed by atoms with Crippen LogP contribution in [0.15, 0.2) is 18.2 Å². The van der Waals surface area contributed by atoms with E-state index in [-0.39, 0.29) is 11.9 Å². The first-order valence-corrected chi connectivity index (χ1v) is 5.76. The first kappa shape index (κ1) is 11.4. The lowest BCUT2D eigenvalue weighted by molar-refractivity contribution is -0.0110. The zero-order valence-electron chi connectivity index (χ0n) is 9.54. The molecule has 16 heavy (non-hydrogen) atoms. The van der Waals surface area contributed by atoms with Crippen molar-refractivity contribution in [2.75, 3.05) is 13.2 Å². The molecule has 0 amide bonds. The quantitative estimate of drug-likeness (QED) is 0.785. The van der Waals surface area contributed by atoms with Crippen LogP contribution in [0.3, 0.4) is 0 Å². The lowest BCUT2D eigenvalue weighted by atomic mass is 10.1. The smallest absolute Gasteiger partial charge is 0.126 e. The Kier molecular flexibility index (Phi) is 3.78. The molecule has 1 fully saturated rings. The zero-order chi connectivity index (χ0) is 11.4. The van der Waals surface area contributed by atoms with E-state index in [4.69, 9.17) is 9.47 Å². The van der Waals surface area contributed by atoms with Gasteiger partial charge >= 0.3 is 0 Å². The van der Waals surface area contributed by atoms with Crippen molar-refractivity contribution in [1.29, 1.82) is 0 Å². The van der Waals surface area contributed by atoms with E-state index in [1.165, 1.54) is 12.5 Å². The summed E-state index contributed by atoms with van der Waals surface area (Å²) in [5.41, 5.74) is 0.613. The molecule has 1 heterocycles. The molecule has 0 aliphatic carbocycles. The van der Waals surface area contributed by atoms with Crippen LogP contribution in [0.2, 0.25) is 0 Å². The maximum atomic E-state index is 13.0. The summed E-state index contributed by atoms with van der Waals surface area (Å²) in [5, 5.41) is 0. The van der Waals surface area contributed by atoms with Gasteiger partial charge in [0.2, 0.25) is 0 Å². The van der Waals surface area contributed by atoms with E-state index < -0.39 is 0 Å². The summed E-state index contributed by atoms with van der Waals surface area (Å²) in [5.74, 6) is 0.523. The van der Waals surface area contributed by atoms with Gasteiger partial charge in [-0.15, -0.1) is 0 Å². The molecule has 3 heteroatoms. The molecule has 0 aromatic heterocycles. The van der Waals surface area contributed by atoms with Gasteiger partial charge in [-0.25, -0.2) is 4.39 Å². The second-order valence-electron chi connectivity index (χ2n) is 4.21. The largest absolute Gasteiger partial charge is 0.491 e. The Morgan fingerprint density at radius 2 is 2.31 bits per heavy atom. The standard InChI is InChI=1S/C13H17FO2/c1-10-8-11(5-6-13(10)14)16-9-12-4-2-3-7-15-12/h5-6,8,12H,2-4,7,9H2,1H3. The van der Waals surface area contributed by atoms with Gasteiger partial charge in [-0.1, -0.05) is 0 Å². The predicted molar refractivity (Wildman–Crippen MR) is 60.2 cm³/mol. The van der Waals surface area contributed by atoms with Crippen molar-refractivity contribution >= 4 is 0 Å². The van der Waals surface area contributed by atoms with E-state index in [0.29, 0.717) is 17.9 Å². The maximum Gasteiger partial charge on any atom is 0.126 e. The highest BCUT2D eigenvalue weighted by Gasteiger charge is 2.14. The third-order valence-electron chi connectivity index (χ3n) is 2.84. The van der Waals surface area contributed by atoms with Crippen LogP contribution >= 0.6 is 0 Å². The van der Waals surface area contributed by atoms with E-state index in [1.807, 2.05) is 0 Å². The minimum atomic E-state index is -0.193. The third kappa shape index (κ3) is 2.95. The molecule has 1 aromatic carbocycles. The molecule has 2 nitrogen and oxygen atoms in total. The average molecular weight is 224 g/mol. The number of hydrogen-bond acceptors (Lipinski definition) is 2. The van der Waals surface area contributed by atoms with Crippen LogP contribution in [0.25, 0.3) is 0 Å². The molecule has 1 atom stereocenters. The van der Waals surface area contributed by atoms with Crippen LogP contribution in [0.4, 0.5) is 4.39 Å². The Hall–Kier alpha value is -1.09. The average Bonchev–Trinajstić information content (AvgIpc) is 2.32. The first-order chi connectivity index (χ1) is 7.75. The summed E-state index contributed by atoms with van der Waals surface area (Å²) in [7, 11) is 0. The fourth-order valence-electron chi connectivity index (χ4n) is 1.83. The molecule has 1 saturated heterocycles. The van der Waals surface area contributed by atoms with Gasteiger partial charge in [0.25, 0.3) is 0 Å². The Labute approximate surface area is 95.4 Å². The molecule has 0 radical (unpaired) electrons. The monoisotopic (exact) mass is 224 g/mol. The Bertz CT molecular complexity index is 346. The van der Waals surface area contributed by atoms with Gasteiger partial charge in [0, 0.05) is 6.61 Å². The molecular weight excluding hydrogens is 207 g/mol. The molecule has 2 rings (SSSR count). The topological polar surface area (TPSA) is 18.5 Å². The predicted octanol–water partition coefficient (Wildman–Crippen LogP) is 3.08. The lowest BCUT2D eigenvalue weighted by Crippen LogP contribution is -2.25. The van der Waals surface area contributed by atoms with E-state index >= 15 is 0 Å². The Morgan fingerprint density at radius 3 is 3.00 bits per heavy atom. The molecule has 88 valence electrons. The van der Waals surface area contributed by atoms with Crippen LogP contribution < -0.4 is 4.74 Å². The summed E-state index contributed by atoms with van der Waals surface area (Å²) >= 11 is 0. The van der Waals surface area contributed by atoms with Gasteiger partial charge in [0.05, 0.1) is 6.10 Å². The highest BCUT2D eigenvalue weighted by atomic mass is 19.1. The van der Waals surface area contributed by atoms with Crippen molar-refractivity contribution in [2.45, 2.75) is 32.3 Å². The molecule has 0 N–H and O–H groups in total. The molecule has 1 unspecified atom stereocenters. The van der Waals surface area contributed by atoms with Crippen molar-refractivity contribution < 1.29 is 13.9 Å². The Balaban J connectivity index is 1.86. The molecule has 0 saturated carbocycles. The van der Waals surface area contributed by atoms with Crippen molar-refractivity contribution in [2.24, 2.45) is 0 Å². The fourth-order valence-corrected chi connectivity index (χ4v) is 1.83. The van der Waals surface area contributed by atoms with E-state index in [9.17, 15) is 4.39 Å². The number of hydrogen-bond donors (Lipinski definition) is 0. The molecular formula is C13H17FO2. The van der Waals surface area contributed by atoms with E-state index in [0.717, 1.165) is 19.4 Å². The minimum absolute atomic E-state index is 0.193. The highest BCUT2D eigenvalue weighted by Crippen LogP contribution is 2.18. The summed E-state index contributed by atoms with van der Waals surface area (Å²) in [6.07, 6.45) is 3.60. The summed E-state index contributed by atoms with van der Waals surface area (Å²) < 4.78 is 24.2. The molecule has 1 aliphatic heterocycles. The number of ether oxygens (including phenoxy) is 2.